The molecule has 0 saturated heterocycles. The van der Waals surface area contributed by atoms with Crippen molar-refractivity contribution in [3.63, 3.8) is 0 Å². The maximum Gasteiger partial charge on any atom is 0.135 e. The van der Waals surface area contributed by atoms with Crippen molar-refractivity contribution < 1.29 is 4.42 Å². The van der Waals surface area contributed by atoms with Crippen LogP contribution in [0.2, 0.25) is 19.6 Å². The van der Waals surface area contributed by atoms with E-state index in [1.165, 1.54) is 10.8 Å². The van der Waals surface area contributed by atoms with Gasteiger partial charge in [0.25, 0.3) is 0 Å². The summed E-state index contributed by atoms with van der Waals surface area (Å²) in [5.74, 6) is 0. The van der Waals surface area contributed by atoms with Gasteiger partial charge in [-0.1, -0.05) is 37.8 Å². The number of furan rings is 1. The molecular weight excluding hydrogens is 310 g/mol. The summed E-state index contributed by atoms with van der Waals surface area (Å²) in [6, 6.07) is 16.7. The highest BCUT2D eigenvalue weighted by Crippen LogP contribution is 2.31. The van der Waals surface area contributed by atoms with Crippen LogP contribution in [-0.2, 0) is 0 Å². The number of hydrogen-bond donors (Lipinski definition) is 0. The summed E-state index contributed by atoms with van der Waals surface area (Å²) >= 11 is 0. The zero-order valence-corrected chi connectivity index (χ0v) is 15.6. The lowest BCUT2D eigenvalue weighted by atomic mass is 10.1. The van der Waals surface area contributed by atoms with Crippen LogP contribution < -0.4 is 5.19 Å². The maximum atomic E-state index is 5.92. The van der Waals surface area contributed by atoms with E-state index in [1.807, 2.05) is 18.2 Å². The first-order chi connectivity index (χ1) is 11.4. The fourth-order valence-corrected chi connectivity index (χ4v) is 5.09. The molecule has 4 rings (SSSR count). The molecule has 0 amide bonds. The molecule has 0 bridgehead atoms. The van der Waals surface area contributed by atoms with Crippen LogP contribution in [0, 0.1) is 6.92 Å². The standard InChI is InChI=1S/C21H21NOSi/c1-14-11-18(22-13-21(14)24(2,3)4)15-9-10-20-17(12-15)16-7-5-6-8-19(16)23-20/h5-13H,1-4H3. The normalized spacial score (nSPS) is 12.2. The highest BCUT2D eigenvalue weighted by molar-refractivity contribution is 6.89. The fourth-order valence-electron chi connectivity index (χ4n) is 3.38. The van der Waals surface area contributed by atoms with Crippen molar-refractivity contribution in [1.29, 1.82) is 0 Å². The molecule has 4 aromatic rings. The Kier molecular flexibility index (Phi) is 3.36. The molecule has 0 atom stereocenters. The highest BCUT2D eigenvalue weighted by Gasteiger charge is 2.19. The predicted molar refractivity (Wildman–Crippen MR) is 105 cm³/mol. The van der Waals surface area contributed by atoms with Gasteiger partial charge in [0.2, 0.25) is 0 Å². The molecule has 2 aromatic carbocycles. The molecule has 0 N–H and O–H groups in total. The summed E-state index contributed by atoms with van der Waals surface area (Å²) < 4.78 is 5.92. The molecule has 0 aliphatic carbocycles. The number of fused-ring (bicyclic) bond motifs is 3. The topological polar surface area (TPSA) is 26.0 Å². The Morgan fingerprint density at radius 1 is 0.875 bits per heavy atom. The second kappa shape index (κ2) is 5.31. The Morgan fingerprint density at radius 3 is 2.38 bits per heavy atom. The molecule has 2 aromatic heterocycles. The number of rotatable bonds is 2. The van der Waals surface area contributed by atoms with Gasteiger partial charge in [-0.25, -0.2) is 0 Å². The SMILES string of the molecule is Cc1cc(-c2ccc3oc4ccccc4c3c2)ncc1[Si](C)(C)C. The van der Waals surface area contributed by atoms with Gasteiger partial charge in [0.05, 0.1) is 13.8 Å². The van der Waals surface area contributed by atoms with Crippen molar-refractivity contribution in [2.24, 2.45) is 0 Å². The molecular formula is C21H21NOSi. The minimum Gasteiger partial charge on any atom is -0.456 e. The van der Waals surface area contributed by atoms with E-state index < -0.39 is 8.07 Å². The van der Waals surface area contributed by atoms with Gasteiger partial charge in [0.1, 0.15) is 11.2 Å². The van der Waals surface area contributed by atoms with Gasteiger partial charge < -0.3 is 4.42 Å². The Labute approximate surface area is 143 Å². The summed E-state index contributed by atoms with van der Waals surface area (Å²) in [5.41, 5.74) is 5.37. The van der Waals surface area contributed by atoms with E-state index in [9.17, 15) is 0 Å². The van der Waals surface area contributed by atoms with Crippen LogP contribution >= 0.6 is 0 Å². The van der Waals surface area contributed by atoms with Crippen molar-refractivity contribution in [1.82, 2.24) is 4.98 Å². The number of hydrogen-bond acceptors (Lipinski definition) is 2. The summed E-state index contributed by atoms with van der Waals surface area (Å²) in [6.07, 6.45) is 2.08. The number of benzene rings is 2. The van der Waals surface area contributed by atoms with E-state index in [0.717, 1.165) is 33.2 Å². The molecule has 0 fully saturated rings. The number of pyridine rings is 1. The van der Waals surface area contributed by atoms with Crippen molar-refractivity contribution in [3.05, 3.63) is 60.3 Å². The lowest BCUT2D eigenvalue weighted by Crippen LogP contribution is -2.39. The molecule has 0 saturated carbocycles. The molecule has 2 heterocycles. The number of aryl methyl sites for hydroxylation is 1. The predicted octanol–water partition coefficient (Wildman–Crippen LogP) is 5.50. The van der Waals surface area contributed by atoms with Crippen molar-refractivity contribution in [3.8, 4) is 11.3 Å². The fraction of sp³-hybridized carbons (Fsp3) is 0.190. The van der Waals surface area contributed by atoms with Gasteiger partial charge in [-0.15, -0.1) is 0 Å². The van der Waals surface area contributed by atoms with Gasteiger partial charge in [0.15, 0.2) is 0 Å². The van der Waals surface area contributed by atoms with Crippen LogP contribution in [0.25, 0.3) is 33.2 Å². The zero-order valence-electron chi connectivity index (χ0n) is 14.6. The molecule has 0 radical (unpaired) electrons. The Bertz CT molecular complexity index is 1060. The van der Waals surface area contributed by atoms with Gasteiger partial charge in [0, 0.05) is 22.5 Å². The third-order valence-corrected chi connectivity index (χ3v) is 6.73. The highest BCUT2D eigenvalue weighted by atomic mass is 28.3. The second-order valence-corrected chi connectivity index (χ2v) is 12.5. The first kappa shape index (κ1) is 15.2. The minimum atomic E-state index is -1.35. The van der Waals surface area contributed by atoms with E-state index in [-0.39, 0.29) is 0 Å². The molecule has 120 valence electrons. The van der Waals surface area contributed by atoms with E-state index in [4.69, 9.17) is 9.40 Å². The summed E-state index contributed by atoms with van der Waals surface area (Å²) in [4.78, 5) is 4.75. The largest absolute Gasteiger partial charge is 0.456 e. The molecule has 0 aliphatic heterocycles. The first-order valence-corrected chi connectivity index (χ1v) is 11.8. The summed E-state index contributed by atoms with van der Waals surface area (Å²) in [5, 5.41) is 3.74. The number of aromatic nitrogens is 1. The van der Waals surface area contributed by atoms with E-state index in [0.29, 0.717) is 0 Å². The average molecular weight is 331 g/mol. The molecule has 0 aliphatic rings. The summed E-state index contributed by atoms with van der Waals surface area (Å²) in [7, 11) is -1.35. The monoisotopic (exact) mass is 331 g/mol. The van der Waals surface area contributed by atoms with Crippen LogP contribution in [0.5, 0.6) is 0 Å². The number of para-hydroxylation sites is 1. The Balaban J connectivity index is 1.87. The molecule has 0 spiro atoms. The van der Waals surface area contributed by atoms with Crippen molar-refractivity contribution >= 4 is 35.2 Å². The molecule has 2 nitrogen and oxygen atoms in total. The summed E-state index contributed by atoms with van der Waals surface area (Å²) in [6.45, 7) is 9.28. The molecule has 3 heteroatoms. The van der Waals surface area contributed by atoms with E-state index in [2.05, 4.69) is 63.1 Å². The van der Waals surface area contributed by atoms with Gasteiger partial charge in [-0.05, 0) is 48.0 Å². The van der Waals surface area contributed by atoms with Gasteiger partial charge >= 0.3 is 0 Å². The first-order valence-electron chi connectivity index (χ1n) is 8.32. The van der Waals surface area contributed by atoms with Crippen molar-refractivity contribution in [2.45, 2.75) is 26.6 Å². The lowest BCUT2D eigenvalue weighted by Gasteiger charge is -2.19. The maximum absolute atomic E-state index is 5.92. The smallest absolute Gasteiger partial charge is 0.135 e. The van der Waals surface area contributed by atoms with Crippen molar-refractivity contribution in [2.75, 3.05) is 0 Å². The lowest BCUT2D eigenvalue weighted by molar-refractivity contribution is 0.669. The third kappa shape index (κ3) is 2.45. The van der Waals surface area contributed by atoms with Crippen LogP contribution in [0.1, 0.15) is 5.56 Å². The average Bonchev–Trinajstić information content (AvgIpc) is 2.91. The Morgan fingerprint density at radius 2 is 1.62 bits per heavy atom. The van der Waals surface area contributed by atoms with Gasteiger partial charge in [-0.2, -0.15) is 0 Å². The van der Waals surface area contributed by atoms with Crippen LogP contribution in [0.4, 0.5) is 0 Å². The van der Waals surface area contributed by atoms with Gasteiger partial charge in [-0.3, -0.25) is 4.98 Å². The second-order valence-electron chi connectivity index (χ2n) is 7.44. The van der Waals surface area contributed by atoms with Crippen LogP contribution in [0.3, 0.4) is 0 Å². The van der Waals surface area contributed by atoms with E-state index >= 15 is 0 Å². The zero-order chi connectivity index (χ0) is 16.9. The molecule has 0 unspecified atom stereocenters. The van der Waals surface area contributed by atoms with Crippen LogP contribution in [-0.4, -0.2) is 13.1 Å². The minimum absolute atomic E-state index is 0.926. The third-order valence-electron chi connectivity index (χ3n) is 4.59. The quantitative estimate of drug-likeness (QED) is 0.453. The molecule has 24 heavy (non-hydrogen) atoms. The van der Waals surface area contributed by atoms with E-state index in [1.54, 1.807) is 0 Å². The Hall–Kier alpha value is -2.39. The van der Waals surface area contributed by atoms with Crippen LogP contribution in [0.15, 0.2) is 59.1 Å². The number of nitrogens with zero attached hydrogens (tertiary/aromatic N) is 1.